The van der Waals surface area contributed by atoms with Crippen molar-refractivity contribution in [1.29, 1.82) is 0 Å². The van der Waals surface area contributed by atoms with Gasteiger partial charge in [0.05, 0.1) is 14.5 Å². The second kappa shape index (κ2) is 5.91. The molecule has 0 spiro atoms. The van der Waals surface area contributed by atoms with Gasteiger partial charge >= 0.3 is 4.94 Å². The minimum Gasteiger partial charge on any atom is -0.506 e. The molecule has 0 aliphatic heterocycles. The largest absolute Gasteiger partial charge is 0.506 e. The second-order valence-electron chi connectivity index (χ2n) is 5.19. The van der Waals surface area contributed by atoms with Gasteiger partial charge in [0.15, 0.2) is 5.58 Å². The Balaban J connectivity index is 1.92. The predicted octanol–water partition coefficient (Wildman–Crippen LogP) is 4.77. The van der Waals surface area contributed by atoms with Crippen LogP contribution in [-0.2, 0) is 0 Å². The zero-order valence-corrected chi connectivity index (χ0v) is 14.1. The molecule has 8 heteroatoms. The van der Waals surface area contributed by atoms with E-state index in [1.54, 1.807) is 30.3 Å². The predicted molar refractivity (Wildman–Crippen MR) is 96.8 cm³/mol. The summed E-state index contributed by atoms with van der Waals surface area (Å²) >= 11 is 2.15. The standard InChI is InChI=1S/C17H9NO5S2/c19-13-11-3-1-2-4-12(11)14-16(25-17(20)23-14)15(13)24-10-7-5-9(6-8-10)18(21)22/h1-8,19H. The lowest BCUT2D eigenvalue weighted by atomic mass is 10.1. The number of hydrogen-bond donors (Lipinski definition) is 1. The van der Waals surface area contributed by atoms with Gasteiger partial charge in [0.1, 0.15) is 5.75 Å². The molecule has 0 amide bonds. The van der Waals surface area contributed by atoms with Crippen molar-refractivity contribution in [3.8, 4) is 5.75 Å². The number of nitro groups is 1. The number of rotatable bonds is 3. The lowest BCUT2D eigenvalue weighted by molar-refractivity contribution is -0.384. The number of phenols is 1. The minimum atomic E-state index is -0.470. The monoisotopic (exact) mass is 371 g/mol. The Kier molecular flexibility index (Phi) is 3.70. The molecule has 0 unspecified atom stereocenters. The van der Waals surface area contributed by atoms with Gasteiger partial charge in [0.25, 0.3) is 5.69 Å². The number of aromatic hydroxyl groups is 1. The van der Waals surface area contributed by atoms with Crippen molar-refractivity contribution in [3.63, 3.8) is 0 Å². The highest BCUT2D eigenvalue weighted by molar-refractivity contribution is 7.99. The first-order valence-electron chi connectivity index (χ1n) is 7.14. The van der Waals surface area contributed by atoms with Crippen LogP contribution in [0.25, 0.3) is 21.1 Å². The van der Waals surface area contributed by atoms with E-state index in [0.717, 1.165) is 11.3 Å². The fraction of sp³-hybridized carbons (Fsp3) is 0. The molecule has 0 fully saturated rings. The number of benzene rings is 3. The van der Waals surface area contributed by atoms with Gasteiger partial charge in [-0.15, -0.1) is 0 Å². The molecule has 6 nitrogen and oxygen atoms in total. The van der Waals surface area contributed by atoms with E-state index in [-0.39, 0.29) is 11.4 Å². The molecular weight excluding hydrogens is 362 g/mol. The summed E-state index contributed by atoms with van der Waals surface area (Å²) in [5.41, 5.74) is 0.429. The number of fused-ring (bicyclic) bond motifs is 3. The van der Waals surface area contributed by atoms with E-state index in [0.29, 0.717) is 30.8 Å². The minimum absolute atomic E-state index is 0.00908. The highest BCUT2D eigenvalue weighted by Crippen LogP contribution is 2.46. The summed E-state index contributed by atoms with van der Waals surface area (Å²) in [6, 6.07) is 13.1. The van der Waals surface area contributed by atoms with Gasteiger partial charge in [-0.2, -0.15) is 0 Å². The first-order valence-corrected chi connectivity index (χ1v) is 8.77. The van der Waals surface area contributed by atoms with Crippen LogP contribution in [0.15, 0.2) is 67.5 Å². The number of hydrogen-bond acceptors (Lipinski definition) is 7. The third-order valence-corrected chi connectivity index (χ3v) is 5.77. The summed E-state index contributed by atoms with van der Waals surface area (Å²) in [6.45, 7) is 0. The zero-order chi connectivity index (χ0) is 17.6. The van der Waals surface area contributed by atoms with Gasteiger partial charge in [0.2, 0.25) is 0 Å². The van der Waals surface area contributed by atoms with Crippen LogP contribution in [0, 0.1) is 10.1 Å². The van der Waals surface area contributed by atoms with E-state index >= 15 is 0 Å². The molecule has 0 radical (unpaired) electrons. The Hall–Kier alpha value is -2.84. The third kappa shape index (κ3) is 2.65. The normalized spacial score (nSPS) is 11.2. The molecule has 4 aromatic rings. The van der Waals surface area contributed by atoms with Gasteiger partial charge < -0.3 is 9.52 Å². The van der Waals surface area contributed by atoms with Gasteiger partial charge in [-0.1, -0.05) is 47.4 Å². The average molecular weight is 371 g/mol. The Bertz CT molecular complexity index is 1180. The van der Waals surface area contributed by atoms with Gasteiger partial charge in [-0.3, -0.25) is 10.1 Å². The molecule has 3 aromatic carbocycles. The number of nitrogens with zero attached hydrogens (tertiary/aromatic N) is 1. The molecule has 124 valence electrons. The maximum Gasteiger partial charge on any atom is 0.396 e. The van der Waals surface area contributed by atoms with Gasteiger partial charge in [-0.05, 0) is 12.1 Å². The van der Waals surface area contributed by atoms with E-state index in [2.05, 4.69) is 0 Å². The van der Waals surface area contributed by atoms with Gasteiger partial charge in [0, 0.05) is 27.8 Å². The van der Waals surface area contributed by atoms with Crippen LogP contribution >= 0.6 is 23.1 Å². The van der Waals surface area contributed by atoms with Crippen LogP contribution in [0.1, 0.15) is 0 Å². The van der Waals surface area contributed by atoms with Crippen molar-refractivity contribution in [2.45, 2.75) is 9.79 Å². The Morgan fingerprint density at radius 2 is 1.76 bits per heavy atom. The quantitative estimate of drug-likeness (QED) is 0.412. The summed E-state index contributed by atoms with van der Waals surface area (Å²) in [6.07, 6.45) is 0. The molecule has 0 saturated carbocycles. The Morgan fingerprint density at radius 3 is 2.44 bits per heavy atom. The van der Waals surface area contributed by atoms with Crippen LogP contribution in [0.5, 0.6) is 5.75 Å². The smallest absolute Gasteiger partial charge is 0.396 e. The molecule has 25 heavy (non-hydrogen) atoms. The summed E-state index contributed by atoms with van der Waals surface area (Å²) in [5.74, 6) is 0.0588. The zero-order valence-electron chi connectivity index (χ0n) is 12.5. The maximum absolute atomic E-state index is 11.8. The molecule has 0 bridgehead atoms. The van der Waals surface area contributed by atoms with Crippen molar-refractivity contribution in [3.05, 3.63) is 68.4 Å². The fourth-order valence-corrected chi connectivity index (χ4v) is 4.45. The van der Waals surface area contributed by atoms with Crippen LogP contribution in [-0.4, -0.2) is 10.0 Å². The topological polar surface area (TPSA) is 93.6 Å². The molecule has 1 heterocycles. The van der Waals surface area contributed by atoms with Crippen LogP contribution in [0.2, 0.25) is 0 Å². The van der Waals surface area contributed by atoms with Crippen molar-refractivity contribution in [1.82, 2.24) is 0 Å². The lowest BCUT2D eigenvalue weighted by Crippen LogP contribution is -1.86. The van der Waals surface area contributed by atoms with E-state index in [9.17, 15) is 20.0 Å². The van der Waals surface area contributed by atoms with E-state index < -0.39 is 9.86 Å². The van der Waals surface area contributed by atoms with E-state index in [1.165, 1.54) is 23.9 Å². The van der Waals surface area contributed by atoms with Crippen molar-refractivity contribution < 1.29 is 14.4 Å². The first-order chi connectivity index (χ1) is 12.0. The lowest BCUT2D eigenvalue weighted by Gasteiger charge is -2.09. The van der Waals surface area contributed by atoms with Crippen LogP contribution in [0.4, 0.5) is 5.69 Å². The molecule has 0 saturated heterocycles. The fourth-order valence-electron chi connectivity index (χ4n) is 2.57. The molecule has 1 N–H and O–H groups in total. The van der Waals surface area contributed by atoms with E-state index in [1.807, 2.05) is 6.07 Å². The van der Waals surface area contributed by atoms with Gasteiger partial charge in [-0.25, -0.2) is 4.79 Å². The van der Waals surface area contributed by atoms with Crippen molar-refractivity contribution in [2.75, 3.05) is 0 Å². The molecule has 0 aliphatic rings. The maximum atomic E-state index is 11.8. The molecule has 0 aliphatic carbocycles. The SMILES string of the molecule is O=c1oc2c(s1)c(Sc1ccc([N+](=O)[O-])cc1)c(O)c1ccccc12. The summed E-state index contributed by atoms with van der Waals surface area (Å²) in [4.78, 5) is 22.8. The molecular formula is C17H9NO5S2. The molecule has 1 aromatic heterocycles. The second-order valence-corrected chi connectivity index (χ2v) is 7.22. The summed E-state index contributed by atoms with van der Waals surface area (Å²) < 4.78 is 5.87. The van der Waals surface area contributed by atoms with Crippen LogP contribution < -0.4 is 4.94 Å². The summed E-state index contributed by atoms with van der Waals surface area (Å²) in [5, 5.41) is 22.7. The number of phenolic OH excluding ortho intramolecular Hbond substituents is 1. The number of nitro benzene ring substituents is 1. The highest BCUT2D eigenvalue weighted by atomic mass is 32.2. The Morgan fingerprint density at radius 1 is 1.08 bits per heavy atom. The van der Waals surface area contributed by atoms with Crippen molar-refractivity contribution in [2.24, 2.45) is 0 Å². The average Bonchev–Trinajstić information content (AvgIpc) is 3.01. The van der Waals surface area contributed by atoms with Crippen molar-refractivity contribution >= 4 is 49.8 Å². The van der Waals surface area contributed by atoms with Crippen LogP contribution in [0.3, 0.4) is 0 Å². The molecule has 0 atom stereocenters. The first kappa shape index (κ1) is 15.7. The summed E-state index contributed by atoms with van der Waals surface area (Å²) in [7, 11) is 0. The third-order valence-electron chi connectivity index (χ3n) is 3.69. The van der Waals surface area contributed by atoms with E-state index in [4.69, 9.17) is 4.42 Å². The number of non-ortho nitro benzene ring substituents is 1. The Labute approximate surface area is 148 Å². The highest BCUT2D eigenvalue weighted by Gasteiger charge is 2.19. The molecule has 4 rings (SSSR count).